The molecule has 72 valence electrons. The van der Waals surface area contributed by atoms with Crippen LogP contribution in [0.4, 0.5) is 0 Å². The Kier molecular flexibility index (Phi) is 4.02. The quantitative estimate of drug-likeness (QED) is 0.676. The molecule has 12 heavy (non-hydrogen) atoms. The Morgan fingerprint density at radius 1 is 1.17 bits per heavy atom. The van der Waals surface area contributed by atoms with E-state index in [0.29, 0.717) is 5.92 Å². The third-order valence-electron chi connectivity index (χ3n) is 3.16. The lowest BCUT2D eigenvalue weighted by molar-refractivity contribution is 0.274. The zero-order valence-corrected chi connectivity index (χ0v) is 8.13. The highest BCUT2D eigenvalue weighted by Gasteiger charge is 2.23. The highest BCUT2D eigenvalue weighted by Crippen LogP contribution is 2.26. The Balaban J connectivity index is 2.33. The number of nitrogens with two attached hydrogens (primary N) is 2. The molecule has 0 aromatic carbocycles. The molecule has 2 nitrogen and oxygen atoms in total. The minimum absolute atomic E-state index is 0.216. The van der Waals surface area contributed by atoms with Crippen LogP contribution in [0, 0.1) is 5.92 Å². The van der Waals surface area contributed by atoms with Crippen LogP contribution in [0.3, 0.4) is 0 Å². The van der Waals surface area contributed by atoms with Crippen molar-refractivity contribution >= 4 is 0 Å². The smallest absolute Gasteiger partial charge is 0.0220 e. The second-order valence-corrected chi connectivity index (χ2v) is 4.05. The molecule has 1 saturated carbocycles. The van der Waals surface area contributed by atoms with Gasteiger partial charge in [-0.1, -0.05) is 26.2 Å². The Bertz CT molecular complexity index is 119. The fourth-order valence-electron chi connectivity index (χ4n) is 2.14. The highest BCUT2D eigenvalue weighted by atomic mass is 14.8. The molecule has 0 heterocycles. The molecule has 1 aliphatic rings. The molecule has 2 atom stereocenters. The third-order valence-corrected chi connectivity index (χ3v) is 3.16. The fourth-order valence-corrected chi connectivity index (χ4v) is 2.14. The molecular weight excluding hydrogens is 148 g/mol. The van der Waals surface area contributed by atoms with Crippen LogP contribution in [0.2, 0.25) is 0 Å². The Labute approximate surface area is 75.7 Å². The molecule has 0 bridgehead atoms. The van der Waals surface area contributed by atoms with Crippen molar-refractivity contribution in [3.8, 4) is 0 Å². The third kappa shape index (κ3) is 2.46. The standard InChI is InChI=1S/C10H22N2/c1-2-9(11)10(12)8-6-4-3-5-7-8/h8-10H,2-7,11-12H2,1H3/t9-,10+/m1/s1. The first-order valence-corrected chi connectivity index (χ1v) is 5.27. The molecule has 0 saturated heterocycles. The van der Waals surface area contributed by atoms with E-state index in [0.717, 1.165) is 6.42 Å². The second kappa shape index (κ2) is 4.83. The van der Waals surface area contributed by atoms with Gasteiger partial charge < -0.3 is 11.5 Å². The normalized spacial score (nSPS) is 25.2. The molecule has 0 aliphatic heterocycles. The van der Waals surface area contributed by atoms with Gasteiger partial charge in [0, 0.05) is 12.1 Å². The van der Waals surface area contributed by atoms with E-state index in [9.17, 15) is 0 Å². The van der Waals surface area contributed by atoms with Gasteiger partial charge in [0.05, 0.1) is 0 Å². The van der Waals surface area contributed by atoms with E-state index < -0.39 is 0 Å². The Morgan fingerprint density at radius 2 is 1.75 bits per heavy atom. The molecule has 0 aromatic rings. The Hall–Kier alpha value is -0.0800. The van der Waals surface area contributed by atoms with Crippen LogP contribution in [0.15, 0.2) is 0 Å². The summed E-state index contributed by atoms with van der Waals surface area (Å²) in [6.07, 6.45) is 7.72. The van der Waals surface area contributed by atoms with Crippen LogP contribution in [-0.4, -0.2) is 12.1 Å². The van der Waals surface area contributed by atoms with Crippen LogP contribution in [0.5, 0.6) is 0 Å². The average Bonchev–Trinajstić information content (AvgIpc) is 2.17. The molecule has 0 amide bonds. The summed E-state index contributed by atoms with van der Waals surface area (Å²) in [5, 5.41) is 0. The predicted molar refractivity (Wildman–Crippen MR) is 52.8 cm³/mol. The first-order valence-electron chi connectivity index (χ1n) is 5.27. The molecule has 1 fully saturated rings. The van der Waals surface area contributed by atoms with Gasteiger partial charge in [-0.15, -0.1) is 0 Å². The van der Waals surface area contributed by atoms with Crippen LogP contribution in [-0.2, 0) is 0 Å². The largest absolute Gasteiger partial charge is 0.326 e. The van der Waals surface area contributed by atoms with E-state index in [1.807, 2.05) is 0 Å². The van der Waals surface area contributed by atoms with Gasteiger partial charge in [-0.2, -0.15) is 0 Å². The SMILES string of the molecule is CC[C@@H](N)[C@@H](N)C1CCCCC1. The molecule has 4 N–H and O–H groups in total. The van der Waals surface area contributed by atoms with Crippen LogP contribution in [0.25, 0.3) is 0 Å². The topological polar surface area (TPSA) is 52.0 Å². The van der Waals surface area contributed by atoms with E-state index in [2.05, 4.69) is 6.92 Å². The second-order valence-electron chi connectivity index (χ2n) is 4.05. The maximum Gasteiger partial charge on any atom is 0.0220 e. The number of rotatable bonds is 3. The predicted octanol–water partition coefficient (Wildman–Crippen LogP) is 1.63. The van der Waals surface area contributed by atoms with Crippen molar-refractivity contribution < 1.29 is 0 Å². The average molecular weight is 170 g/mol. The highest BCUT2D eigenvalue weighted by molar-refractivity contribution is 4.83. The molecular formula is C10H22N2. The summed E-state index contributed by atoms with van der Waals surface area (Å²) in [4.78, 5) is 0. The summed E-state index contributed by atoms with van der Waals surface area (Å²) >= 11 is 0. The van der Waals surface area contributed by atoms with Gasteiger partial charge in [0.25, 0.3) is 0 Å². The number of hydrogen-bond acceptors (Lipinski definition) is 2. The maximum atomic E-state index is 6.08. The minimum Gasteiger partial charge on any atom is -0.326 e. The molecule has 0 aromatic heterocycles. The molecule has 1 rings (SSSR count). The van der Waals surface area contributed by atoms with E-state index in [1.165, 1.54) is 32.1 Å². The van der Waals surface area contributed by atoms with E-state index in [-0.39, 0.29) is 12.1 Å². The van der Waals surface area contributed by atoms with Gasteiger partial charge in [-0.05, 0) is 25.2 Å². The van der Waals surface area contributed by atoms with Gasteiger partial charge in [-0.25, -0.2) is 0 Å². The van der Waals surface area contributed by atoms with Crippen LogP contribution >= 0.6 is 0 Å². The summed E-state index contributed by atoms with van der Waals surface area (Å²) in [6.45, 7) is 2.12. The van der Waals surface area contributed by atoms with Crippen molar-refractivity contribution in [1.29, 1.82) is 0 Å². The lowest BCUT2D eigenvalue weighted by atomic mass is 9.81. The van der Waals surface area contributed by atoms with Crippen molar-refractivity contribution in [3.63, 3.8) is 0 Å². The van der Waals surface area contributed by atoms with Crippen molar-refractivity contribution in [2.24, 2.45) is 17.4 Å². The summed E-state index contributed by atoms with van der Waals surface area (Å²) in [5.41, 5.74) is 12.0. The van der Waals surface area contributed by atoms with Crippen molar-refractivity contribution in [2.45, 2.75) is 57.5 Å². The molecule has 1 aliphatic carbocycles. The molecule has 0 radical (unpaired) electrons. The lowest BCUT2D eigenvalue weighted by Crippen LogP contribution is -2.46. The van der Waals surface area contributed by atoms with Gasteiger partial charge in [0.1, 0.15) is 0 Å². The summed E-state index contributed by atoms with van der Waals surface area (Å²) in [5.74, 6) is 0.702. The van der Waals surface area contributed by atoms with Crippen LogP contribution in [0.1, 0.15) is 45.4 Å². The lowest BCUT2D eigenvalue weighted by Gasteiger charge is -2.30. The summed E-state index contributed by atoms with van der Waals surface area (Å²) in [7, 11) is 0. The van der Waals surface area contributed by atoms with Crippen molar-refractivity contribution in [2.75, 3.05) is 0 Å². The number of hydrogen-bond donors (Lipinski definition) is 2. The van der Waals surface area contributed by atoms with Gasteiger partial charge >= 0.3 is 0 Å². The maximum absolute atomic E-state index is 6.08. The van der Waals surface area contributed by atoms with Crippen molar-refractivity contribution in [3.05, 3.63) is 0 Å². The monoisotopic (exact) mass is 170 g/mol. The minimum atomic E-state index is 0.216. The van der Waals surface area contributed by atoms with E-state index in [4.69, 9.17) is 11.5 Å². The summed E-state index contributed by atoms with van der Waals surface area (Å²) < 4.78 is 0. The first-order chi connectivity index (χ1) is 5.75. The van der Waals surface area contributed by atoms with Gasteiger partial charge in [-0.3, -0.25) is 0 Å². The summed E-state index contributed by atoms with van der Waals surface area (Å²) in [6, 6.07) is 0.461. The van der Waals surface area contributed by atoms with Crippen molar-refractivity contribution in [1.82, 2.24) is 0 Å². The molecule has 0 unspecified atom stereocenters. The zero-order valence-electron chi connectivity index (χ0n) is 8.13. The Morgan fingerprint density at radius 3 is 2.25 bits per heavy atom. The first kappa shape index (κ1) is 10.0. The molecule has 2 heteroatoms. The van der Waals surface area contributed by atoms with E-state index in [1.54, 1.807) is 0 Å². The van der Waals surface area contributed by atoms with Gasteiger partial charge in [0.2, 0.25) is 0 Å². The van der Waals surface area contributed by atoms with Crippen LogP contribution < -0.4 is 11.5 Å². The van der Waals surface area contributed by atoms with E-state index >= 15 is 0 Å². The molecule has 0 spiro atoms. The zero-order chi connectivity index (χ0) is 8.97. The van der Waals surface area contributed by atoms with Gasteiger partial charge in [0.15, 0.2) is 0 Å². The fraction of sp³-hybridized carbons (Fsp3) is 1.00.